The van der Waals surface area contributed by atoms with Crippen molar-refractivity contribution in [2.45, 2.75) is 179 Å². The number of ether oxygens (including phenoxy) is 4. The van der Waals surface area contributed by atoms with E-state index in [1.165, 1.54) is 13.8 Å². The van der Waals surface area contributed by atoms with E-state index in [1.807, 2.05) is 0 Å². The van der Waals surface area contributed by atoms with Crippen LogP contribution in [0.5, 0.6) is 0 Å². The summed E-state index contributed by atoms with van der Waals surface area (Å²) in [6.45, 7) is 31.5. The van der Waals surface area contributed by atoms with Gasteiger partial charge in [-0.2, -0.15) is 0 Å². The Labute approximate surface area is 276 Å². The Hall–Kier alpha value is -1.22. The van der Waals surface area contributed by atoms with Crippen molar-refractivity contribution >= 4 is 11.9 Å². The second-order valence-corrected chi connectivity index (χ2v) is 16.2. The number of aliphatic hydroxyl groups is 2. The van der Waals surface area contributed by atoms with Crippen LogP contribution in [0.15, 0.2) is 0 Å². The molecule has 0 amide bonds. The third kappa shape index (κ3) is 12.7. The van der Waals surface area contributed by atoms with Gasteiger partial charge in [-0.15, -0.1) is 0 Å². The molecule has 0 aliphatic carbocycles. The molecule has 2 fully saturated rings. The van der Waals surface area contributed by atoms with Gasteiger partial charge in [0.2, 0.25) is 0 Å². The van der Waals surface area contributed by atoms with Gasteiger partial charge >= 0.3 is 11.9 Å². The summed E-state index contributed by atoms with van der Waals surface area (Å²) in [6.07, 6.45) is 0.0386. The molecule has 0 aromatic heterocycles. The summed E-state index contributed by atoms with van der Waals surface area (Å²) >= 11 is 0. The van der Waals surface area contributed by atoms with E-state index in [4.69, 9.17) is 18.9 Å². The minimum Gasteiger partial charge on any atom is -0.457 e. The molecule has 8 nitrogen and oxygen atoms in total. The highest BCUT2D eigenvalue weighted by Crippen LogP contribution is 2.42. The maximum absolute atomic E-state index is 11.4. The van der Waals surface area contributed by atoms with Crippen LogP contribution in [-0.2, 0) is 28.5 Å². The minimum absolute atomic E-state index is 0. The van der Waals surface area contributed by atoms with Gasteiger partial charge in [0.1, 0.15) is 0 Å². The lowest BCUT2D eigenvalue weighted by Crippen LogP contribution is -2.55. The number of rotatable bonds is 10. The lowest BCUT2D eigenvalue weighted by Gasteiger charge is -2.48. The summed E-state index contributed by atoms with van der Waals surface area (Å²) in [7, 11) is 0. The summed E-state index contributed by atoms with van der Waals surface area (Å²) in [4.78, 5) is 22.8. The zero-order valence-corrected chi connectivity index (χ0v) is 30.8. The highest BCUT2D eigenvalue weighted by Gasteiger charge is 2.48. The largest absolute Gasteiger partial charge is 0.457 e. The molecule has 2 N–H and O–H groups in total. The van der Waals surface area contributed by atoms with Crippen LogP contribution in [-0.4, -0.2) is 70.0 Å². The molecular formula is C37H72O8. The van der Waals surface area contributed by atoms with Crippen LogP contribution in [0.1, 0.15) is 131 Å². The van der Waals surface area contributed by atoms with Gasteiger partial charge < -0.3 is 29.2 Å². The van der Waals surface area contributed by atoms with Gasteiger partial charge in [0, 0.05) is 13.8 Å². The van der Waals surface area contributed by atoms with E-state index in [1.54, 1.807) is 27.7 Å². The zero-order chi connectivity index (χ0) is 34.5. The van der Waals surface area contributed by atoms with Crippen molar-refractivity contribution < 1.29 is 38.7 Å². The second-order valence-electron chi connectivity index (χ2n) is 16.2. The number of hydrogen-bond donors (Lipinski definition) is 2. The van der Waals surface area contributed by atoms with E-state index in [0.717, 1.165) is 12.8 Å². The zero-order valence-electron chi connectivity index (χ0n) is 30.8. The predicted molar refractivity (Wildman–Crippen MR) is 182 cm³/mol. The first-order valence-corrected chi connectivity index (χ1v) is 17.0. The van der Waals surface area contributed by atoms with Crippen LogP contribution in [0, 0.1) is 47.3 Å². The summed E-state index contributed by atoms with van der Waals surface area (Å²) in [6, 6.07) is 0. The molecule has 0 spiro atoms. The van der Waals surface area contributed by atoms with E-state index in [9.17, 15) is 19.8 Å². The second kappa shape index (κ2) is 17.8. The third-order valence-corrected chi connectivity index (χ3v) is 9.45. The molecular weight excluding hydrogens is 572 g/mol. The quantitative estimate of drug-likeness (QED) is 0.236. The molecule has 0 aromatic rings. The first-order chi connectivity index (χ1) is 19.9. The Morgan fingerprint density at radius 1 is 0.622 bits per heavy atom. The molecule has 2 unspecified atom stereocenters. The van der Waals surface area contributed by atoms with Crippen LogP contribution in [0.25, 0.3) is 0 Å². The van der Waals surface area contributed by atoms with E-state index in [0.29, 0.717) is 47.3 Å². The summed E-state index contributed by atoms with van der Waals surface area (Å²) in [5.41, 5.74) is -2.25. The topological polar surface area (TPSA) is 112 Å². The van der Waals surface area contributed by atoms with E-state index in [2.05, 4.69) is 69.2 Å². The molecule has 2 heterocycles. The van der Waals surface area contributed by atoms with Crippen molar-refractivity contribution in [2.24, 2.45) is 47.3 Å². The normalized spacial score (nSPS) is 30.7. The molecule has 268 valence electrons. The molecule has 8 heteroatoms. The fraction of sp³-hybridized carbons (Fsp3) is 0.946. The molecule has 0 bridgehead atoms. The van der Waals surface area contributed by atoms with Gasteiger partial charge in [0.25, 0.3) is 0 Å². The average Bonchev–Trinajstić information content (AvgIpc) is 2.83. The van der Waals surface area contributed by atoms with Gasteiger partial charge in [-0.05, 0) is 87.9 Å². The lowest BCUT2D eigenvalue weighted by molar-refractivity contribution is -0.216. The average molecular weight is 645 g/mol. The van der Waals surface area contributed by atoms with Crippen molar-refractivity contribution in [3.8, 4) is 0 Å². The van der Waals surface area contributed by atoms with E-state index in [-0.39, 0.29) is 43.8 Å². The van der Waals surface area contributed by atoms with Crippen molar-refractivity contribution in [1.82, 2.24) is 0 Å². The standard InChI is InChI=1S/2C18H34O4.CH4/c2*1-10(2)15-12(5)9-14(22-16(15)11(3)4)17(18(7,8)20)21-13(6)19;/h2*10-12,14-17,20H,9H2,1-8H3;1H4/t12-,14?,15+,16-,17+;12-,14?,15-,16+,17+;/m11./s1. The van der Waals surface area contributed by atoms with Crippen LogP contribution >= 0.6 is 0 Å². The summed E-state index contributed by atoms with van der Waals surface area (Å²) in [5, 5.41) is 20.8. The van der Waals surface area contributed by atoms with Gasteiger partial charge in [-0.25, -0.2) is 0 Å². The van der Waals surface area contributed by atoms with E-state index >= 15 is 0 Å². The van der Waals surface area contributed by atoms with Gasteiger partial charge in [-0.1, -0.05) is 76.7 Å². The lowest BCUT2D eigenvalue weighted by atomic mass is 9.71. The van der Waals surface area contributed by atoms with Crippen LogP contribution in [0.2, 0.25) is 0 Å². The number of carbonyl (C=O) groups excluding carboxylic acids is 2. The van der Waals surface area contributed by atoms with Gasteiger partial charge in [-0.3, -0.25) is 9.59 Å². The third-order valence-electron chi connectivity index (χ3n) is 9.45. The predicted octanol–water partition coefficient (Wildman–Crippen LogP) is 7.46. The number of hydrogen-bond acceptors (Lipinski definition) is 8. The minimum atomic E-state index is -1.12. The fourth-order valence-corrected chi connectivity index (χ4v) is 7.76. The SMILES string of the molecule is C.CC(=O)O[C@@H](C1C[C@@H](C)[C@@H](C(C)C)[C@H](C(C)C)O1)C(C)(C)O.CC(=O)O[C@@H](C1C[C@@H](C)[C@H](C(C)C)[C@@H](C(C)C)O1)C(C)(C)O. The van der Waals surface area contributed by atoms with Crippen LogP contribution < -0.4 is 0 Å². The Kier molecular flexibility index (Phi) is 17.3. The molecule has 10 atom stereocenters. The molecule has 45 heavy (non-hydrogen) atoms. The maximum Gasteiger partial charge on any atom is 0.303 e. The van der Waals surface area contributed by atoms with E-state index < -0.39 is 23.4 Å². The smallest absolute Gasteiger partial charge is 0.303 e. The molecule has 2 rings (SSSR count). The van der Waals surface area contributed by atoms with Crippen molar-refractivity contribution in [2.75, 3.05) is 0 Å². The number of esters is 2. The van der Waals surface area contributed by atoms with Crippen LogP contribution in [0.3, 0.4) is 0 Å². The molecule has 0 radical (unpaired) electrons. The molecule has 2 saturated heterocycles. The van der Waals surface area contributed by atoms with Crippen molar-refractivity contribution in [1.29, 1.82) is 0 Å². The first-order valence-electron chi connectivity index (χ1n) is 17.0. The maximum atomic E-state index is 11.4. The Bertz CT molecular complexity index is 812. The highest BCUT2D eigenvalue weighted by molar-refractivity contribution is 5.66. The van der Waals surface area contributed by atoms with Crippen molar-refractivity contribution in [3.05, 3.63) is 0 Å². The molecule has 2 aliphatic heterocycles. The van der Waals surface area contributed by atoms with Crippen molar-refractivity contribution in [3.63, 3.8) is 0 Å². The Morgan fingerprint density at radius 2 is 0.889 bits per heavy atom. The first kappa shape index (κ1) is 43.8. The van der Waals surface area contributed by atoms with Gasteiger partial charge in [0.05, 0.1) is 35.6 Å². The molecule has 0 aromatic carbocycles. The summed E-state index contributed by atoms with van der Waals surface area (Å²) < 4.78 is 23.5. The summed E-state index contributed by atoms with van der Waals surface area (Å²) in [5.74, 6) is 2.99. The molecule has 2 aliphatic rings. The number of carbonyl (C=O) groups is 2. The molecule has 0 saturated carbocycles. The van der Waals surface area contributed by atoms with Crippen LogP contribution in [0.4, 0.5) is 0 Å². The monoisotopic (exact) mass is 645 g/mol. The fourth-order valence-electron chi connectivity index (χ4n) is 7.76. The Morgan fingerprint density at radius 3 is 1.07 bits per heavy atom. The van der Waals surface area contributed by atoms with Gasteiger partial charge in [0.15, 0.2) is 12.2 Å². The highest BCUT2D eigenvalue weighted by atomic mass is 16.6. The Balaban J connectivity index is 0.000000842.